The van der Waals surface area contributed by atoms with Crippen LogP contribution in [0.3, 0.4) is 0 Å². The average molecular weight is 440 g/mol. The smallest absolute Gasteiger partial charge is 0.253 e. The first-order valence-electron chi connectivity index (χ1n) is 8.82. The van der Waals surface area contributed by atoms with Gasteiger partial charge in [-0.1, -0.05) is 29.3 Å². The lowest BCUT2D eigenvalue weighted by atomic mass is 10.1. The van der Waals surface area contributed by atoms with Crippen LogP contribution in [0, 0.1) is 13.8 Å². The van der Waals surface area contributed by atoms with Crippen molar-refractivity contribution in [2.45, 2.75) is 45.1 Å². The fraction of sp³-hybridized carbons (Fsp3) is 0.350. The van der Waals surface area contributed by atoms with Crippen LogP contribution in [0.4, 0.5) is 5.69 Å². The van der Waals surface area contributed by atoms with E-state index in [2.05, 4.69) is 9.71 Å². The minimum atomic E-state index is -3.65. The lowest BCUT2D eigenvalue weighted by Gasteiger charge is -2.32. The molecule has 0 radical (unpaired) electrons. The Morgan fingerprint density at radius 3 is 2.36 bits per heavy atom. The zero-order valence-corrected chi connectivity index (χ0v) is 19.1. The van der Waals surface area contributed by atoms with Gasteiger partial charge in [0.1, 0.15) is 0 Å². The highest BCUT2D eigenvalue weighted by atomic mass is 35.5. The Morgan fingerprint density at radius 1 is 1.14 bits per heavy atom. The largest absolute Gasteiger partial charge is 0.260 e. The van der Waals surface area contributed by atoms with Gasteiger partial charge < -0.3 is 0 Å². The number of aliphatic imine (C=N–C) groups is 1. The van der Waals surface area contributed by atoms with Gasteiger partial charge in [0.2, 0.25) is 0 Å². The van der Waals surface area contributed by atoms with E-state index < -0.39 is 15.6 Å². The summed E-state index contributed by atoms with van der Waals surface area (Å²) in [5.74, 6) is 0. The number of hydrogen-bond acceptors (Lipinski definition) is 5. The number of hydrogen-bond donors (Lipinski definition) is 1. The molecule has 1 N–H and O–H groups in total. The molecule has 2 aromatic rings. The Kier molecular flexibility index (Phi) is 7.70. The lowest BCUT2D eigenvalue weighted by molar-refractivity contribution is 0.377. The van der Waals surface area contributed by atoms with Gasteiger partial charge in [0.15, 0.2) is 0 Å². The van der Waals surface area contributed by atoms with Crippen LogP contribution in [0.25, 0.3) is 0 Å². The monoisotopic (exact) mass is 439 g/mol. The molecule has 0 aliphatic heterocycles. The lowest BCUT2D eigenvalue weighted by Crippen LogP contribution is -2.42. The molecule has 5 nitrogen and oxygen atoms in total. The first-order valence-corrected chi connectivity index (χ1v) is 11.4. The summed E-state index contributed by atoms with van der Waals surface area (Å²) < 4.78 is 30.6. The van der Waals surface area contributed by atoms with E-state index >= 15 is 0 Å². The minimum absolute atomic E-state index is 0.271. The number of benzene rings is 2. The third-order valence-corrected chi connectivity index (χ3v) is 7.71. The van der Waals surface area contributed by atoms with Gasteiger partial charge in [-0.2, -0.15) is 0 Å². The van der Waals surface area contributed by atoms with Gasteiger partial charge in [-0.15, -0.1) is 3.71 Å². The van der Waals surface area contributed by atoms with Crippen LogP contribution in [0.5, 0.6) is 0 Å². The van der Waals surface area contributed by atoms with Crippen LogP contribution in [0.1, 0.15) is 31.9 Å². The van der Waals surface area contributed by atoms with Gasteiger partial charge in [-0.05, 0) is 70.5 Å². The second kappa shape index (κ2) is 9.41. The molecule has 152 valence electrons. The Bertz CT molecular complexity index is 937. The molecule has 8 heteroatoms. The SMILES string of the molecule is Cc1ccc(S(=O)(=O)N(SNCC=Nc2ccc(Cl)cc2C)C(C)(C)C)cc1. The molecule has 0 aliphatic rings. The molecule has 0 atom stereocenters. The van der Waals surface area contributed by atoms with Crippen molar-refractivity contribution >= 4 is 45.7 Å². The van der Waals surface area contributed by atoms with E-state index in [1.807, 2.05) is 46.8 Å². The maximum Gasteiger partial charge on any atom is 0.253 e. The summed E-state index contributed by atoms with van der Waals surface area (Å²) in [7, 11) is -3.65. The summed E-state index contributed by atoms with van der Waals surface area (Å²) in [6, 6.07) is 12.4. The van der Waals surface area contributed by atoms with E-state index in [-0.39, 0.29) is 4.90 Å². The van der Waals surface area contributed by atoms with Crippen molar-refractivity contribution in [3.63, 3.8) is 0 Å². The van der Waals surface area contributed by atoms with Crippen molar-refractivity contribution in [3.05, 3.63) is 58.6 Å². The van der Waals surface area contributed by atoms with E-state index in [0.29, 0.717) is 11.6 Å². The van der Waals surface area contributed by atoms with E-state index in [4.69, 9.17) is 11.6 Å². The minimum Gasteiger partial charge on any atom is -0.260 e. The Balaban J connectivity index is 2.07. The van der Waals surface area contributed by atoms with Gasteiger partial charge in [-0.25, -0.2) is 13.1 Å². The zero-order chi connectivity index (χ0) is 20.9. The molecule has 0 fully saturated rings. The van der Waals surface area contributed by atoms with Crippen LogP contribution in [0.2, 0.25) is 5.02 Å². The molecule has 0 aromatic heterocycles. The van der Waals surface area contributed by atoms with Crippen molar-refractivity contribution in [2.75, 3.05) is 6.54 Å². The normalized spacial score (nSPS) is 12.8. The number of sulfonamides is 1. The summed E-state index contributed by atoms with van der Waals surface area (Å²) in [4.78, 5) is 4.68. The second-order valence-corrected chi connectivity index (χ2v) is 10.7. The van der Waals surface area contributed by atoms with Gasteiger partial charge in [0.05, 0.1) is 10.6 Å². The first-order chi connectivity index (χ1) is 13.0. The number of aryl methyl sites for hydroxylation is 2. The highest BCUT2D eigenvalue weighted by Crippen LogP contribution is 2.30. The molecule has 0 heterocycles. The zero-order valence-electron chi connectivity index (χ0n) is 16.7. The third kappa shape index (κ3) is 6.06. The number of nitrogens with one attached hydrogen (secondary N) is 1. The first kappa shape index (κ1) is 22.9. The van der Waals surface area contributed by atoms with E-state index in [1.165, 1.54) is 3.71 Å². The Labute approximate surface area is 177 Å². The number of nitrogens with zero attached hydrogens (tertiary/aromatic N) is 2. The fourth-order valence-corrected chi connectivity index (χ4v) is 5.36. The van der Waals surface area contributed by atoms with E-state index in [0.717, 1.165) is 28.9 Å². The summed E-state index contributed by atoms with van der Waals surface area (Å²) in [6.45, 7) is 9.85. The van der Waals surface area contributed by atoms with Crippen molar-refractivity contribution in [2.24, 2.45) is 4.99 Å². The fourth-order valence-electron chi connectivity index (χ4n) is 2.39. The number of halogens is 1. The predicted octanol–water partition coefficient (Wildman–Crippen LogP) is 5.30. The van der Waals surface area contributed by atoms with E-state index in [9.17, 15) is 8.42 Å². The molecule has 0 saturated carbocycles. The van der Waals surface area contributed by atoms with Crippen LogP contribution >= 0.6 is 23.7 Å². The van der Waals surface area contributed by atoms with Crippen LogP contribution in [0.15, 0.2) is 52.4 Å². The molecule has 0 bridgehead atoms. The van der Waals surface area contributed by atoms with Crippen molar-refractivity contribution in [1.29, 1.82) is 0 Å². The molecule has 2 rings (SSSR count). The molecule has 0 aliphatic carbocycles. The van der Waals surface area contributed by atoms with E-state index in [1.54, 1.807) is 36.5 Å². The molecule has 0 saturated heterocycles. The predicted molar refractivity (Wildman–Crippen MR) is 120 cm³/mol. The third-order valence-electron chi connectivity index (χ3n) is 3.80. The molecule has 0 amide bonds. The molecule has 0 unspecified atom stereocenters. The molecular formula is C20H26ClN3O2S2. The average Bonchev–Trinajstić information content (AvgIpc) is 2.58. The summed E-state index contributed by atoms with van der Waals surface area (Å²) in [5, 5.41) is 0.673. The van der Waals surface area contributed by atoms with Gasteiger partial charge in [-0.3, -0.25) is 4.99 Å². The molecule has 2 aromatic carbocycles. The Morgan fingerprint density at radius 2 is 1.79 bits per heavy atom. The van der Waals surface area contributed by atoms with Gasteiger partial charge in [0.25, 0.3) is 10.0 Å². The molecular weight excluding hydrogens is 414 g/mol. The molecule has 0 spiro atoms. The maximum absolute atomic E-state index is 13.1. The molecule has 28 heavy (non-hydrogen) atoms. The number of rotatable bonds is 7. The van der Waals surface area contributed by atoms with Gasteiger partial charge >= 0.3 is 0 Å². The maximum atomic E-state index is 13.1. The second-order valence-electron chi connectivity index (χ2n) is 7.40. The van der Waals surface area contributed by atoms with Crippen molar-refractivity contribution < 1.29 is 8.42 Å². The van der Waals surface area contributed by atoms with Gasteiger partial charge in [0, 0.05) is 35.5 Å². The topological polar surface area (TPSA) is 61.8 Å². The van der Waals surface area contributed by atoms with Crippen molar-refractivity contribution in [1.82, 2.24) is 8.43 Å². The van der Waals surface area contributed by atoms with Crippen LogP contribution < -0.4 is 4.72 Å². The highest BCUT2D eigenvalue weighted by Gasteiger charge is 2.35. The summed E-state index contributed by atoms with van der Waals surface area (Å²) in [6.07, 6.45) is 1.71. The van der Waals surface area contributed by atoms with Crippen LogP contribution in [-0.2, 0) is 10.0 Å². The standard InChI is InChI=1S/C20H26ClN3O2S2/c1-15-6-9-18(10-7-15)28(25,26)24(20(3,4)5)27-23-13-12-22-19-11-8-17(21)14-16(19)2/h6-12,14,23H,13H2,1-5H3. The van der Waals surface area contributed by atoms with Crippen molar-refractivity contribution in [3.8, 4) is 0 Å². The highest BCUT2D eigenvalue weighted by molar-refractivity contribution is 8.07. The quantitative estimate of drug-likeness (QED) is 0.361. The van der Waals surface area contributed by atoms with Crippen LogP contribution in [-0.4, -0.2) is 30.4 Å². The Hall–Kier alpha value is -1.38. The summed E-state index contributed by atoms with van der Waals surface area (Å²) >= 11 is 7.01. The summed E-state index contributed by atoms with van der Waals surface area (Å²) in [5.41, 5.74) is 2.22.